The van der Waals surface area contributed by atoms with Gasteiger partial charge < -0.3 is 14.6 Å². The lowest BCUT2D eigenvalue weighted by Gasteiger charge is -2.38. The molecule has 0 aliphatic heterocycles. The molecule has 0 unspecified atom stereocenters. The van der Waals surface area contributed by atoms with Gasteiger partial charge in [-0.2, -0.15) is 5.26 Å². The molecule has 1 aliphatic carbocycles. The first-order chi connectivity index (χ1) is 9.83. The van der Waals surface area contributed by atoms with E-state index >= 15 is 0 Å². The molecule has 0 bridgehead atoms. The summed E-state index contributed by atoms with van der Waals surface area (Å²) in [5, 5.41) is 20.2. The quantitative estimate of drug-likeness (QED) is 0.929. The minimum atomic E-state index is -0.779. The number of nitrogens with zero attached hydrogens (tertiary/aromatic N) is 1. The van der Waals surface area contributed by atoms with E-state index in [-0.39, 0.29) is 0 Å². The molecule has 0 amide bonds. The van der Waals surface area contributed by atoms with Gasteiger partial charge in [0.05, 0.1) is 31.8 Å². The minimum absolute atomic E-state index is 0.505. The highest BCUT2D eigenvalue weighted by molar-refractivity contribution is 5.53. The molecule has 4 heteroatoms. The van der Waals surface area contributed by atoms with Gasteiger partial charge in [0, 0.05) is 11.0 Å². The van der Waals surface area contributed by atoms with E-state index in [1.54, 1.807) is 14.2 Å². The van der Waals surface area contributed by atoms with Gasteiger partial charge in [-0.05, 0) is 37.5 Å². The van der Waals surface area contributed by atoms with Crippen LogP contribution < -0.4 is 9.47 Å². The molecule has 0 saturated heterocycles. The van der Waals surface area contributed by atoms with Crippen molar-refractivity contribution >= 4 is 0 Å². The van der Waals surface area contributed by atoms with Gasteiger partial charge in [-0.25, -0.2) is 0 Å². The third-order valence-electron chi connectivity index (χ3n) is 5.09. The highest BCUT2D eigenvalue weighted by Crippen LogP contribution is 2.56. The number of aliphatic hydroxyl groups excluding tert-OH is 1. The van der Waals surface area contributed by atoms with Crippen LogP contribution >= 0.6 is 0 Å². The summed E-state index contributed by atoms with van der Waals surface area (Å²) < 4.78 is 10.9. The molecule has 0 spiro atoms. The maximum Gasteiger partial charge on any atom is 0.124 e. The number of rotatable bonds is 3. The summed E-state index contributed by atoms with van der Waals surface area (Å²) in [6.07, 6.45) is 0.717. The fourth-order valence-electron chi connectivity index (χ4n) is 3.45. The number of hydrogen-bond donors (Lipinski definition) is 1. The predicted octanol–water partition coefficient (Wildman–Crippen LogP) is 2.95. The molecular weight excluding hydrogens is 266 g/mol. The van der Waals surface area contributed by atoms with Crippen LogP contribution in [0.4, 0.5) is 0 Å². The van der Waals surface area contributed by atoms with Gasteiger partial charge in [-0.3, -0.25) is 0 Å². The molecule has 21 heavy (non-hydrogen) atoms. The molecule has 1 aromatic rings. The Morgan fingerprint density at radius 1 is 1.24 bits per heavy atom. The van der Waals surface area contributed by atoms with Crippen LogP contribution in [-0.2, 0) is 5.41 Å². The Bertz CT molecular complexity index is 588. The van der Waals surface area contributed by atoms with E-state index in [9.17, 15) is 10.4 Å². The van der Waals surface area contributed by atoms with Crippen LogP contribution in [0.3, 0.4) is 0 Å². The fraction of sp³-hybridized carbons (Fsp3) is 0.588. The Labute approximate surface area is 126 Å². The zero-order valence-corrected chi connectivity index (χ0v) is 13.4. The second-order valence-corrected chi connectivity index (χ2v) is 6.32. The molecule has 1 saturated carbocycles. The summed E-state index contributed by atoms with van der Waals surface area (Å²) in [6, 6.07) is 6.25. The van der Waals surface area contributed by atoms with Crippen LogP contribution in [-0.4, -0.2) is 25.4 Å². The van der Waals surface area contributed by atoms with Crippen molar-refractivity contribution in [1.82, 2.24) is 0 Å². The first-order valence-corrected chi connectivity index (χ1v) is 7.16. The van der Waals surface area contributed by atoms with Gasteiger partial charge in [-0.15, -0.1) is 0 Å². The fourth-order valence-corrected chi connectivity index (χ4v) is 3.45. The molecular formula is C17H23NO3. The summed E-state index contributed by atoms with van der Waals surface area (Å²) in [5.41, 5.74) is 0.438. The second-order valence-electron chi connectivity index (χ2n) is 6.32. The molecule has 0 heterocycles. The van der Waals surface area contributed by atoms with E-state index < -0.39 is 16.9 Å². The van der Waals surface area contributed by atoms with Gasteiger partial charge in [0.2, 0.25) is 0 Å². The van der Waals surface area contributed by atoms with Crippen LogP contribution in [0.5, 0.6) is 11.5 Å². The molecule has 0 radical (unpaired) electrons. The van der Waals surface area contributed by atoms with Crippen molar-refractivity contribution in [1.29, 1.82) is 5.26 Å². The van der Waals surface area contributed by atoms with Crippen molar-refractivity contribution in [2.24, 2.45) is 5.41 Å². The topological polar surface area (TPSA) is 62.5 Å². The number of aliphatic hydroxyl groups is 1. The zero-order valence-electron chi connectivity index (χ0n) is 13.4. The maximum atomic E-state index is 10.3. The summed E-state index contributed by atoms with van der Waals surface area (Å²) in [5.74, 6) is 1.41. The van der Waals surface area contributed by atoms with Crippen LogP contribution in [0.25, 0.3) is 0 Å². The molecule has 2 atom stereocenters. The minimum Gasteiger partial charge on any atom is -0.496 e. The van der Waals surface area contributed by atoms with Gasteiger partial charge in [0.15, 0.2) is 0 Å². The largest absolute Gasteiger partial charge is 0.496 e. The van der Waals surface area contributed by atoms with Gasteiger partial charge >= 0.3 is 0 Å². The number of benzene rings is 1. The van der Waals surface area contributed by atoms with Crippen LogP contribution in [0.15, 0.2) is 12.1 Å². The Balaban J connectivity index is 2.72. The van der Waals surface area contributed by atoms with E-state index in [0.717, 1.165) is 16.9 Å². The Morgan fingerprint density at radius 3 is 2.29 bits per heavy atom. The number of ether oxygens (including phenoxy) is 2. The van der Waals surface area contributed by atoms with E-state index in [4.69, 9.17) is 9.47 Å². The van der Waals surface area contributed by atoms with Gasteiger partial charge in [0.25, 0.3) is 0 Å². The van der Waals surface area contributed by atoms with Gasteiger partial charge in [0.1, 0.15) is 11.5 Å². The monoisotopic (exact) mass is 289 g/mol. The highest BCUT2D eigenvalue weighted by atomic mass is 16.5. The average Bonchev–Trinajstić information content (AvgIpc) is 2.70. The van der Waals surface area contributed by atoms with E-state index in [1.807, 2.05) is 32.9 Å². The summed E-state index contributed by atoms with van der Waals surface area (Å²) in [6.45, 7) is 5.83. The SMILES string of the molecule is COc1cc([C@]2(C#N)CC[C@H](O)C2(C)C)c(OC)cc1C. The molecule has 1 aromatic carbocycles. The van der Waals surface area contributed by atoms with E-state index in [2.05, 4.69) is 6.07 Å². The highest BCUT2D eigenvalue weighted by Gasteiger charge is 2.57. The molecule has 1 N–H and O–H groups in total. The Hall–Kier alpha value is -1.73. The predicted molar refractivity (Wildman–Crippen MR) is 80.6 cm³/mol. The standard InChI is InChI=1S/C17H23NO3/c1-11-8-14(21-5)12(9-13(11)20-4)17(10-18)7-6-15(19)16(17,2)3/h8-9,15,19H,6-7H2,1-5H3/t15-,17+/m0/s1. The molecule has 4 nitrogen and oxygen atoms in total. The molecule has 2 rings (SSSR count). The van der Waals surface area contributed by atoms with Crippen molar-refractivity contribution in [3.05, 3.63) is 23.3 Å². The number of nitriles is 1. The van der Waals surface area contributed by atoms with E-state index in [1.165, 1.54) is 0 Å². The van der Waals surface area contributed by atoms with Gasteiger partial charge in [-0.1, -0.05) is 13.8 Å². The molecule has 0 aromatic heterocycles. The first kappa shape index (κ1) is 15.7. The van der Waals surface area contributed by atoms with Crippen molar-refractivity contribution in [3.8, 4) is 17.6 Å². The zero-order chi connectivity index (χ0) is 15.8. The first-order valence-electron chi connectivity index (χ1n) is 7.16. The van der Waals surface area contributed by atoms with Crippen LogP contribution in [0.1, 0.15) is 37.8 Å². The third-order valence-corrected chi connectivity index (χ3v) is 5.09. The van der Waals surface area contributed by atoms with Crippen LogP contribution in [0, 0.1) is 23.7 Å². The summed E-state index contributed by atoms with van der Waals surface area (Å²) >= 11 is 0. The lowest BCUT2D eigenvalue weighted by atomic mass is 9.64. The normalized spacial score (nSPS) is 27.2. The second kappa shape index (κ2) is 5.23. The lowest BCUT2D eigenvalue weighted by molar-refractivity contribution is 0.0546. The molecule has 1 fully saturated rings. The summed E-state index contributed by atoms with van der Waals surface area (Å²) in [7, 11) is 3.22. The lowest BCUT2D eigenvalue weighted by Crippen LogP contribution is -2.41. The smallest absolute Gasteiger partial charge is 0.124 e. The van der Waals surface area contributed by atoms with Crippen molar-refractivity contribution in [2.45, 2.75) is 45.1 Å². The average molecular weight is 289 g/mol. The number of aryl methyl sites for hydroxylation is 1. The molecule has 114 valence electrons. The number of hydrogen-bond acceptors (Lipinski definition) is 4. The maximum absolute atomic E-state index is 10.3. The molecule has 1 aliphatic rings. The Morgan fingerprint density at radius 2 is 1.86 bits per heavy atom. The Kier molecular flexibility index (Phi) is 3.90. The van der Waals surface area contributed by atoms with Crippen molar-refractivity contribution in [2.75, 3.05) is 14.2 Å². The summed E-state index contributed by atoms with van der Waals surface area (Å²) in [4.78, 5) is 0. The van der Waals surface area contributed by atoms with E-state index in [0.29, 0.717) is 18.6 Å². The van der Waals surface area contributed by atoms with Crippen molar-refractivity contribution < 1.29 is 14.6 Å². The third kappa shape index (κ3) is 2.08. The van der Waals surface area contributed by atoms with Crippen LogP contribution in [0.2, 0.25) is 0 Å². The number of methoxy groups -OCH3 is 2. The van der Waals surface area contributed by atoms with Crippen molar-refractivity contribution in [3.63, 3.8) is 0 Å².